The van der Waals surface area contributed by atoms with E-state index in [0.717, 1.165) is 11.4 Å². The molecule has 0 saturated heterocycles. The molecule has 0 radical (unpaired) electrons. The first-order valence-corrected chi connectivity index (χ1v) is 6.95. The van der Waals surface area contributed by atoms with Crippen molar-refractivity contribution >= 4 is 9.84 Å². The Morgan fingerprint density at radius 1 is 1.33 bits per heavy atom. The second-order valence-electron chi connectivity index (χ2n) is 4.07. The maximum Gasteiger partial charge on any atom is 0.149 e. The number of hydrogen-bond donors (Lipinski definition) is 1. The van der Waals surface area contributed by atoms with Gasteiger partial charge in [0, 0.05) is 17.6 Å². The lowest BCUT2D eigenvalue weighted by atomic mass is 10.4. The molecule has 5 heteroatoms. The van der Waals surface area contributed by atoms with Crippen molar-refractivity contribution in [2.75, 3.05) is 17.4 Å². The van der Waals surface area contributed by atoms with Gasteiger partial charge in [0.15, 0.2) is 0 Å². The Hall–Kier alpha value is -0.970. The third-order valence-electron chi connectivity index (χ3n) is 2.17. The van der Waals surface area contributed by atoms with Gasteiger partial charge in [-0.1, -0.05) is 0 Å². The van der Waals surface area contributed by atoms with Crippen LogP contribution in [0.1, 0.15) is 18.3 Å². The minimum atomic E-state index is -2.93. The first-order valence-electron chi connectivity index (χ1n) is 4.89. The van der Waals surface area contributed by atoms with E-state index in [1.807, 2.05) is 37.6 Å². The number of aryl methyl sites for hydroxylation is 2. The van der Waals surface area contributed by atoms with Crippen LogP contribution in [0.15, 0.2) is 12.1 Å². The van der Waals surface area contributed by atoms with E-state index in [9.17, 15) is 8.42 Å². The van der Waals surface area contributed by atoms with Crippen LogP contribution in [0, 0.1) is 13.8 Å². The molecule has 0 aromatic carbocycles. The predicted octanol–water partition coefficient (Wildman–Crippen LogP) is 1.08. The van der Waals surface area contributed by atoms with Crippen LogP contribution in [-0.2, 0) is 9.84 Å². The Morgan fingerprint density at radius 3 is 2.20 bits per heavy atom. The fraction of sp³-hybridized carbons (Fsp3) is 0.600. The van der Waals surface area contributed by atoms with E-state index in [-0.39, 0.29) is 11.8 Å². The van der Waals surface area contributed by atoms with Gasteiger partial charge in [0.05, 0.1) is 11.8 Å². The summed E-state index contributed by atoms with van der Waals surface area (Å²) in [5, 5.41) is 0. The van der Waals surface area contributed by atoms with Crippen LogP contribution in [0.25, 0.3) is 0 Å². The summed E-state index contributed by atoms with van der Waals surface area (Å²) in [6.07, 6.45) is 1.25. The van der Waals surface area contributed by atoms with E-state index in [1.165, 1.54) is 6.26 Å². The van der Waals surface area contributed by atoms with Crippen molar-refractivity contribution in [1.29, 1.82) is 0 Å². The van der Waals surface area contributed by atoms with E-state index in [1.54, 1.807) is 0 Å². The summed E-state index contributed by atoms with van der Waals surface area (Å²) in [4.78, 5) is 0. The summed E-state index contributed by atoms with van der Waals surface area (Å²) in [6.45, 7) is 5.82. The number of rotatable bonds is 4. The third kappa shape index (κ3) is 3.58. The quantitative estimate of drug-likeness (QED) is 0.842. The number of nitrogens with zero attached hydrogens (tertiary/aromatic N) is 1. The van der Waals surface area contributed by atoms with E-state index < -0.39 is 9.84 Å². The largest absolute Gasteiger partial charge is 0.322 e. The summed E-state index contributed by atoms with van der Waals surface area (Å²) >= 11 is 0. The lowest BCUT2D eigenvalue weighted by Crippen LogP contribution is -2.32. The van der Waals surface area contributed by atoms with Gasteiger partial charge in [0.1, 0.15) is 9.84 Å². The number of hydrogen-bond acceptors (Lipinski definition) is 3. The molecule has 0 aliphatic heterocycles. The lowest BCUT2D eigenvalue weighted by Gasteiger charge is -2.18. The van der Waals surface area contributed by atoms with Gasteiger partial charge in [0.2, 0.25) is 0 Å². The maximum absolute atomic E-state index is 11.1. The Morgan fingerprint density at radius 2 is 1.80 bits per heavy atom. The van der Waals surface area contributed by atoms with Gasteiger partial charge in [-0.2, -0.15) is 0 Å². The molecule has 0 aliphatic carbocycles. The summed E-state index contributed by atoms with van der Waals surface area (Å²) in [6, 6.07) is 3.90. The Kier molecular flexibility index (Phi) is 3.44. The third-order valence-corrected chi connectivity index (χ3v) is 3.28. The van der Waals surface area contributed by atoms with Gasteiger partial charge in [0.25, 0.3) is 0 Å². The SMILES string of the molecule is Cc1ccc(C)n1NC(C)CS(C)(=O)=O. The summed E-state index contributed by atoms with van der Waals surface area (Å²) in [5.41, 5.74) is 5.31. The highest BCUT2D eigenvalue weighted by atomic mass is 32.2. The molecule has 15 heavy (non-hydrogen) atoms. The van der Waals surface area contributed by atoms with Gasteiger partial charge in [-0.05, 0) is 32.9 Å². The van der Waals surface area contributed by atoms with Crippen LogP contribution >= 0.6 is 0 Å². The summed E-state index contributed by atoms with van der Waals surface area (Å²) < 4.78 is 24.1. The number of nitrogens with one attached hydrogen (secondary N) is 1. The van der Waals surface area contributed by atoms with Crippen molar-refractivity contribution in [3.63, 3.8) is 0 Å². The van der Waals surface area contributed by atoms with E-state index in [0.29, 0.717) is 0 Å². The molecular weight excluding hydrogens is 212 g/mol. The summed E-state index contributed by atoms with van der Waals surface area (Å²) in [7, 11) is -2.93. The molecule has 0 aliphatic rings. The average molecular weight is 230 g/mol. The molecule has 4 nitrogen and oxygen atoms in total. The van der Waals surface area contributed by atoms with Crippen molar-refractivity contribution in [3.05, 3.63) is 23.5 Å². The smallest absolute Gasteiger partial charge is 0.149 e. The fourth-order valence-electron chi connectivity index (χ4n) is 1.58. The van der Waals surface area contributed by atoms with E-state index in [2.05, 4.69) is 5.43 Å². The van der Waals surface area contributed by atoms with Crippen molar-refractivity contribution < 1.29 is 8.42 Å². The van der Waals surface area contributed by atoms with E-state index >= 15 is 0 Å². The van der Waals surface area contributed by atoms with Gasteiger partial charge >= 0.3 is 0 Å². The van der Waals surface area contributed by atoms with Gasteiger partial charge in [-0.3, -0.25) is 4.68 Å². The van der Waals surface area contributed by atoms with Crippen LogP contribution in [0.2, 0.25) is 0 Å². The Labute approximate surface area is 91.2 Å². The van der Waals surface area contributed by atoms with Crippen LogP contribution in [0.5, 0.6) is 0 Å². The standard InChI is InChI=1S/C10H18N2O2S/c1-8(7-15(4,13)14)11-12-9(2)5-6-10(12)3/h5-6,8,11H,7H2,1-4H3. The second-order valence-corrected chi connectivity index (χ2v) is 6.26. The molecule has 1 rings (SSSR count). The minimum Gasteiger partial charge on any atom is -0.322 e. The average Bonchev–Trinajstić information content (AvgIpc) is 2.32. The second kappa shape index (κ2) is 4.26. The summed E-state index contributed by atoms with van der Waals surface area (Å²) in [5.74, 6) is 0.143. The molecule has 1 unspecified atom stereocenters. The maximum atomic E-state index is 11.1. The predicted molar refractivity (Wildman–Crippen MR) is 62.4 cm³/mol. The molecule has 0 saturated carbocycles. The Bertz CT molecular complexity index is 415. The van der Waals surface area contributed by atoms with Crippen molar-refractivity contribution in [3.8, 4) is 0 Å². The molecule has 0 spiro atoms. The topological polar surface area (TPSA) is 51.1 Å². The zero-order chi connectivity index (χ0) is 11.6. The lowest BCUT2D eigenvalue weighted by molar-refractivity contribution is 0.593. The van der Waals surface area contributed by atoms with Gasteiger partial charge in [-0.15, -0.1) is 0 Å². The van der Waals surface area contributed by atoms with Crippen LogP contribution in [-0.4, -0.2) is 31.1 Å². The van der Waals surface area contributed by atoms with Gasteiger partial charge in [-0.25, -0.2) is 8.42 Å². The monoisotopic (exact) mass is 230 g/mol. The molecule has 1 aromatic heterocycles. The minimum absolute atomic E-state index is 0.0928. The normalized spacial score (nSPS) is 13.9. The molecule has 1 atom stereocenters. The number of sulfone groups is 1. The van der Waals surface area contributed by atoms with Crippen molar-refractivity contribution in [2.45, 2.75) is 26.8 Å². The van der Waals surface area contributed by atoms with Gasteiger partial charge < -0.3 is 5.43 Å². The molecule has 1 aromatic rings. The first kappa shape index (κ1) is 12.1. The van der Waals surface area contributed by atoms with Crippen LogP contribution < -0.4 is 5.43 Å². The fourth-order valence-corrected chi connectivity index (χ4v) is 2.57. The number of aromatic nitrogens is 1. The highest BCUT2D eigenvalue weighted by molar-refractivity contribution is 7.90. The van der Waals surface area contributed by atoms with Crippen molar-refractivity contribution in [2.24, 2.45) is 0 Å². The highest BCUT2D eigenvalue weighted by Crippen LogP contribution is 2.05. The molecule has 0 amide bonds. The first-order chi connectivity index (χ1) is 6.79. The molecular formula is C10H18N2O2S. The molecule has 1 N–H and O–H groups in total. The van der Waals surface area contributed by atoms with Crippen LogP contribution in [0.3, 0.4) is 0 Å². The molecule has 1 heterocycles. The molecule has 0 bridgehead atoms. The van der Waals surface area contributed by atoms with E-state index in [4.69, 9.17) is 0 Å². The highest BCUT2D eigenvalue weighted by Gasteiger charge is 2.11. The molecule has 0 fully saturated rings. The molecule has 86 valence electrons. The zero-order valence-corrected chi connectivity index (χ0v) is 10.4. The van der Waals surface area contributed by atoms with Crippen molar-refractivity contribution in [1.82, 2.24) is 4.68 Å². The van der Waals surface area contributed by atoms with Crippen LogP contribution in [0.4, 0.5) is 0 Å². The Balaban J connectivity index is 2.71. The zero-order valence-electron chi connectivity index (χ0n) is 9.61.